The fourth-order valence-corrected chi connectivity index (χ4v) is 3.15. The van der Waals surface area contributed by atoms with Crippen LogP contribution in [0.1, 0.15) is 110 Å². The average Bonchev–Trinajstić information content (AvgIpc) is 2.52. The summed E-state index contributed by atoms with van der Waals surface area (Å²) in [6.07, 6.45) is 19.3. The lowest BCUT2D eigenvalue weighted by Gasteiger charge is -2.08. The van der Waals surface area contributed by atoms with E-state index in [1.54, 1.807) is 0 Å². The highest BCUT2D eigenvalue weighted by atomic mass is 35.5. The number of carbonyl (C=O) groups is 1. The van der Waals surface area contributed by atoms with E-state index in [0.717, 1.165) is 6.42 Å². The molecule has 0 bridgehead atoms. The van der Waals surface area contributed by atoms with Crippen LogP contribution in [0.15, 0.2) is 0 Å². The third-order valence-electron chi connectivity index (χ3n) is 4.34. The first kappa shape index (κ1) is 22.8. The van der Waals surface area contributed by atoms with Crippen LogP contribution >= 0.6 is 11.6 Å². The number of rotatable bonds is 17. The third-order valence-corrected chi connectivity index (χ3v) is 4.77. The van der Waals surface area contributed by atoms with Gasteiger partial charge in [0.05, 0.1) is 6.61 Å². The van der Waals surface area contributed by atoms with Gasteiger partial charge in [0.2, 0.25) is 0 Å². The van der Waals surface area contributed by atoms with Crippen LogP contribution in [0.2, 0.25) is 0 Å². The molecule has 0 radical (unpaired) electrons. The van der Waals surface area contributed by atoms with Gasteiger partial charge in [0.1, 0.15) is 0 Å². The molecule has 0 aromatic heterocycles. The molecule has 0 amide bonds. The third kappa shape index (κ3) is 19.7. The van der Waals surface area contributed by atoms with Crippen molar-refractivity contribution in [3.63, 3.8) is 0 Å². The van der Waals surface area contributed by atoms with E-state index in [1.807, 2.05) is 0 Å². The Hall–Kier alpha value is -0.240. The van der Waals surface area contributed by atoms with Crippen molar-refractivity contribution < 1.29 is 9.53 Å². The Labute approximate surface area is 149 Å². The van der Waals surface area contributed by atoms with Crippen LogP contribution in [0.3, 0.4) is 0 Å². The SMILES string of the molecule is CCCCC(Cl)CCCCCCCCCCCCCOC(C)=O. The lowest BCUT2D eigenvalue weighted by atomic mass is 10.0. The number of carbonyl (C=O) groups excluding carboxylic acids is 1. The van der Waals surface area contributed by atoms with Gasteiger partial charge in [-0.05, 0) is 19.3 Å². The molecule has 0 aliphatic carbocycles. The Morgan fingerprint density at radius 2 is 1.22 bits per heavy atom. The molecule has 0 N–H and O–H groups in total. The van der Waals surface area contributed by atoms with Gasteiger partial charge in [-0.3, -0.25) is 4.79 Å². The number of alkyl halides is 1. The van der Waals surface area contributed by atoms with E-state index in [0.29, 0.717) is 12.0 Å². The molecular weight excluding hydrogens is 308 g/mol. The first-order chi connectivity index (χ1) is 11.2. The van der Waals surface area contributed by atoms with E-state index in [-0.39, 0.29) is 5.97 Å². The smallest absolute Gasteiger partial charge is 0.302 e. The standard InChI is InChI=1S/C20H39ClO2/c1-3-4-16-20(21)17-14-12-10-8-6-5-7-9-11-13-15-18-23-19(2)22/h20H,3-18H2,1-2H3. The Morgan fingerprint density at radius 3 is 1.70 bits per heavy atom. The zero-order chi connectivity index (χ0) is 17.2. The number of hydrogen-bond donors (Lipinski definition) is 0. The Kier molecular flexibility index (Phi) is 17.9. The topological polar surface area (TPSA) is 26.3 Å². The molecule has 1 unspecified atom stereocenters. The molecule has 0 heterocycles. The molecule has 138 valence electrons. The Balaban J connectivity index is 3.06. The van der Waals surface area contributed by atoms with Crippen molar-refractivity contribution in [1.29, 1.82) is 0 Å². The van der Waals surface area contributed by atoms with E-state index >= 15 is 0 Å². The fourth-order valence-electron chi connectivity index (χ4n) is 2.84. The normalized spacial score (nSPS) is 12.3. The molecule has 0 spiro atoms. The summed E-state index contributed by atoms with van der Waals surface area (Å²) >= 11 is 6.29. The van der Waals surface area contributed by atoms with Gasteiger partial charge >= 0.3 is 5.97 Å². The van der Waals surface area contributed by atoms with E-state index in [1.165, 1.54) is 96.8 Å². The van der Waals surface area contributed by atoms with Crippen molar-refractivity contribution in [3.05, 3.63) is 0 Å². The van der Waals surface area contributed by atoms with Crippen molar-refractivity contribution in [2.75, 3.05) is 6.61 Å². The molecule has 3 heteroatoms. The largest absolute Gasteiger partial charge is 0.466 e. The van der Waals surface area contributed by atoms with Crippen molar-refractivity contribution in [2.45, 2.75) is 116 Å². The molecular formula is C20H39ClO2. The predicted molar refractivity (Wildman–Crippen MR) is 101 cm³/mol. The number of esters is 1. The van der Waals surface area contributed by atoms with E-state index < -0.39 is 0 Å². The summed E-state index contributed by atoms with van der Waals surface area (Å²) in [4.78, 5) is 10.6. The maximum atomic E-state index is 10.6. The van der Waals surface area contributed by atoms with Gasteiger partial charge in [0.25, 0.3) is 0 Å². The first-order valence-electron chi connectivity index (χ1n) is 9.94. The highest BCUT2D eigenvalue weighted by Crippen LogP contribution is 2.17. The number of halogens is 1. The molecule has 0 aromatic rings. The quantitative estimate of drug-likeness (QED) is 0.160. The summed E-state index contributed by atoms with van der Waals surface area (Å²) in [5.74, 6) is -0.160. The Morgan fingerprint density at radius 1 is 0.783 bits per heavy atom. The zero-order valence-electron chi connectivity index (χ0n) is 15.6. The summed E-state index contributed by atoms with van der Waals surface area (Å²) in [7, 11) is 0. The van der Waals surface area contributed by atoms with Gasteiger partial charge < -0.3 is 4.74 Å². The highest BCUT2D eigenvalue weighted by Gasteiger charge is 2.03. The van der Waals surface area contributed by atoms with E-state index in [9.17, 15) is 4.79 Å². The van der Waals surface area contributed by atoms with Crippen molar-refractivity contribution >= 4 is 17.6 Å². The highest BCUT2D eigenvalue weighted by molar-refractivity contribution is 6.20. The number of hydrogen-bond acceptors (Lipinski definition) is 2. The summed E-state index contributed by atoms with van der Waals surface area (Å²) in [5, 5.41) is 0.413. The van der Waals surface area contributed by atoms with Crippen LogP contribution in [-0.2, 0) is 9.53 Å². The molecule has 0 fully saturated rings. The molecule has 1 atom stereocenters. The lowest BCUT2D eigenvalue weighted by Crippen LogP contribution is -2.00. The zero-order valence-corrected chi connectivity index (χ0v) is 16.3. The van der Waals surface area contributed by atoms with Gasteiger partial charge in [0, 0.05) is 12.3 Å². The van der Waals surface area contributed by atoms with Gasteiger partial charge in [-0.1, -0.05) is 84.0 Å². The summed E-state index contributed by atoms with van der Waals surface area (Å²) < 4.78 is 4.92. The molecule has 0 aliphatic heterocycles. The number of ether oxygens (including phenoxy) is 1. The minimum atomic E-state index is -0.160. The van der Waals surface area contributed by atoms with Gasteiger partial charge in [0.15, 0.2) is 0 Å². The molecule has 0 aromatic carbocycles. The van der Waals surface area contributed by atoms with Crippen molar-refractivity contribution in [1.82, 2.24) is 0 Å². The molecule has 0 saturated heterocycles. The molecule has 0 aliphatic rings. The molecule has 0 saturated carbocycles. The second-order valence-electron chi connectivity index (χ2n) is 6.76. The second kappa shape index (κ2) is 18.1. The molecule has 0 rings (SSSR count). The van der Waals surface area contributed by atoms with Gasteiger partial charge in [-0.25, -0.2) is 0 Å². The van der Waals surface area contributed by atoms with Crippen LogP contribution in [0, 0.1) is 0 Å². The maximum absolute atomic E-state index is 10.6. The monoisotopic (exact) mass is 346 g/mol. The maximum Gasteiger partial charge on any atom is 0.302 e. The van der Waals surface area contributed by atoms with Crippen LogP contribution in [0.5, 0.6) is 0 Å². The van der Waals surface area contributed by atoms with Crippen LogP contribution in [0.25, 0.3) is 0 Å². The number of unbranched alkanes of at least 4 members (excludes halogenated alkanes) is 11. The van der Waals surface area contributed by atoms with Crippen molar-refractivity contribution in [3.8, 4) is 0 Å². The Bertz CT molecular complexity index is 256. The minimum absolute atomic E-state index is 0.160. The first-order valence-corrected chi connectivity index (χ1v) is 10.4. The average molecular weight is 347 g/mol. The summed E-state index contributed by atoms with van der Waals surface area (Å²) in [6.45, 7) is 4.30. The van der Waals surface area contributed by atoms with Gasteiger partial charge in [-0.2, -0.15) is 0 Å². The van der Waals surface area contributed by atoms with Crippen LogP contribution in [-0.4, -0.2) is 18.0 Å². The van der Waals surface area contributed by atoms with E-state index in [4.69, 9.17) is 16.3 Å². The summed E-state index contributed by atoms with van der Waals surface area (Å²) in [5.41, 5.74) is 0. The van der Waals surface area contributed by atoms with Crippen molar-refractivity contribution in [2.24, 2.45) is 0 Å². The molecule has 2 nitrogen and oxygen atoms in total. The van der Waals surface area contributed by atoms with Crippen LogP contribution in [0.4, 0.5) is 0 Å². The summed E-state index contributed by atoms with van der Waals surface area (Å²) in [6, 6.07) is 0. The second-order valence-corrected chi connectivity index (χ2v) is 7.37. The minimum Gasteiger partial charge on any atom is -0.466 e. The predicted octanol–water partition coefficient (Wildman–Crippen LogP) is 7.03. The fraction of sp³-hybridized carbons (Fsp3) is 0.950. The van der Waals surface area contributed by atoms with Gasteiger partial charge in [-0.15, -0.1) is 11.6 Å². The van der Waals surface area contributed by atoms with Crippen LogP contribution < -0.4 is 0 Å². The lowest BCUT2D eigenvalue weighted by molar-refractivity contribution is -0.141. The molecule has 23 heavy (non-hydrogen) atoms. The van der Waals surface area contributed by atoms with E-state index in [2.05, 4.69) is 6.92 Å².